The lowest BCUT2D eigenvalue weighted by Gasteiger charge is -2.46. The highest BCUT2D eigenvalue weighted by atomic mass is 16.5. The van der Waals surface area contributed by atoms with Crippen molar-refractivity contribution in [1.82, 2.24) is 5.32 Å². The van der Waals surface area contributed by atoms with E-state index in [0.717, 1.165) is 19.3 Å². The van der Waals surface area contributed by atoms with Crippen molar-refractivity contribution in [3.05, 3.63) is 0 Å². The van der Waals surface area contributed by atoms with Gasteiger partial charge in [-0.25, -0.2) is 0 Å². The third-order valence-corrected chi connectivity index (χ3v) is 3.36. The van der Waals surface area contributed by atoms with Gasteiger partial charge in [-0.15, -0.1) is 0 Å². The first-order chi connectivity index (χ1) is 8.07. The van der Waals surface area contributed by atoms with Crippen LogP contribution < -0.4 is 5.32 Å². The van der Waals surface area contributed by atoms with E-state index in [0.29, 0.717) is 19.3 Å². The van der Waals surface area contributed by atoms with E-state index in [1.165, 1.54) is 0 Å². The topological polar surface area (TPSA) is 47.6 Å². The van der Waals surface area contributed by atoms with Gasteiger partial charge >= 0.3 is 5.97 Å². The summed E-state index contributed by atoms with van der Waals surface area (Å²) in [6, 6.07) is 0.321. The molecule has 4 heteroatoms. The van der Waals surface area contributed by atoms with Crippen LogP contribution >= 0.6 is 0 Å². The number of hydrogen-bond acceptors (Lipinski definition) is 4. The molecule has 0 bridgehead atoms. The standard InChI is InChI=1S/C13H25NO3/c1-5-10(4)14-13(12(15)17-7-3)8-11(9-13)16-6-2/h10-11,14H,5-9H2,1-4H3. The van der Waals surface area contributed by atoms with Gasteiger partial charge in [0.15, 0.2) is 0 Å². The number of esters is 1. The fourth-order valence-corrected chi connectivity index (χ4v) is 2.26. The summed E-state index contributed by atoms with van der Waals surface area (Å²) in [7, 11) is 0. The minimum atomic E-state index is -0.509. The summed E-state index contributed by atoms with van der Waals surface area (Å²) < 4.78 is 10.7. The Morgan fingerprint density at radius 1 is 1.35 bits per heavy atom. The summed E-state index contributed by atoms with van der Waals surface area (Å²) in [5.74, 6) is -0.128. The van der Waals surface area contributed by atoms with Crippen molar-refractivity contribution in [1.29, 1.82) is 0 Å². The summed E-state index contributed by atoms with van der Waals surface area (Å²) in [5.41, 5.74) is -0.509. The van der Waals surface area contributed by atoms with Crippen molar-refractivity contribution in [2.45, 2.75) is 64.6 Å². The van der Waals surface area contributed by atoms with Crippen molar-refractivity contribution >= 4 is 5.97 Å². The van der Waals surface area contributed by atoms with Gasteiger partial charge in [0.05, 0.1) is 12.7 Å². The lowest BCUT2D eigenvalue weighted by molar-refractivity contribution is -0.164. The minimum absolute atomic E-state index is 0.128. The molecular weight excluding hydrogens is 218 g/mol. The van der Waals surface area contributed by atoms with E-state index >= 15 is 0 Å². The van der Waals surface area contributed by atoms with Crippen molar-refractivity contribution in [2.75, 3.05) is 13.2 Å². The lowest BCUT2D eigenvalue weighted by atomic mass is 9.73. The number of nitrogens with one attached hydrogen (secondary N) is 1. The first-order valence-corrected chi connectivity index (χ1v) is 6.64. The molecule has 1 saturated carbocycles. The number of ether oxygens (including phenoxy) is 2. The third-order valence-electron chi connectivity index (χ3n) is 3.36. The predicted octanol–water partition coefficient (Wildman–Crippen LogP) is 1.88. The Bertz CT molecular complexity index is 249. The molecule has 100 valence electrons. The Balaban J connectivity index is 2.58. The van der Waals surface area contributed by atoms with E-state index in [1.807, 2.05) is 13.8 Å². The molecule has 0 aliphatic heterocycles. The van der Waals surface area contributed by atoms with Gasteiger partial charge in [-0.3, -0.25) is 10.1 Å². The molecule has 0 aromatic carbocycles. The second-order valence-corrected chi connectivity index (χ2v) is 4.74. The van der Waals surface area contributed by atoms with Crippen LogP contribution in [0.2, 0.25) is 0 Å². The fourth-order valence-electron chi connectivity index (χ4n) is 2.26. The maximum absolute atomic E-state index is 12.0. The molecule has 4 nitrogen and oxygen atoms in total. The monoisotopic (exact) mass is 243 g/mol. The van der Waals surface area contributed by atoms with Crippen LogP contribution in [0.4, 0.5) is 0 Å². The fraction of sp³-hybridized carbons (Fsp3) is 0.923. The van der Waals surface area contributed by atoms with Gasteiger partial charge in [0.1, 0.15) is 5.54 Å². The van der Waals surface area contributed by atoms with Gasteiger partial charge in [0.2, 0.25) is 0 Å². The largest absolute Gasteiger partial charge is 0.465 e. The van der Waals surface area contributed by atoms with Crippen LogP contribution in [-0.4, -0.2) is 36.9 Å². The van der Waals surface area contributed by atoms with Crippen LogP contribution in [0.5, 0.6) is 0 Å². The molecule has 1 aliphatic rings. The molecule has 0 spiro atoms. The number of carbonyl (C=O) groups is 1. The maximum Gasteiger partial charge on any atom is 0.326 e. The highest BCUT2D eigenvalue weighted by Crippen LogP contribution is 2.36. The summed E-state index contributed by atoms with van der Waals surface area (Å²) in [5, 5.41) is 3.40. The van der Waals surface area contributed by atoms with Crippen LogP contribution in [0.15, 0.2) is 0 Å². The second-order valence-electron chi connectivity index (χ2n) is 4.74. The Morgan fingerprint density at radius 2 is 2.00 bits per heavy atom. The summed E-state index contributed by atoms with van der Waals surface area (Å²) >= 11 is 0. The molecular formula is C13H25NO3. The summed E-state index contributed by atoms with van der Waals surface area (Å²) in [6.07, 6.45) is 2.65. The normalized spacial score (nSPS) is 29.5. The minimum Gasteiger partial charge on any atom is -0.465 e. The smallest absolute Gasteiger partial charge is 0.326 e. The highest BCUT2D eigenvalue weighted by molar-refractivity contribution is 5.82. The molecule has 0 heterocycles. The van der Waals surface area contributed by atoms with E-state index in [1.54, 1.807) is 0 Å². The average molecular weight is 243 g/mol. The van der Waals surface area contributed by atoms with Crippen LogP contribution in [-0.2, 0) is 14.3 Å². The van der Waals surface area contributed by atoms with Gasteiger partial charge in [-0.1, -0.05) is 6.92 Å². The molecule has 1 unspecified atom stereocenters. The molecule has 0 aromatic rings. The molecule has 17 heavy (non-hydrogen) atoms. The Hall–Kier alpha value is -0.610. The Labute approximate surface area is 104 Å². The molecule has 1 fully saturated rings. The Kier molecular flexibility index (Phi) is 5.40. The van der Waals surface area contributed by atoms with Gasteiger partial charge < -0.3 is 9.47 Å². The summed E-state index contributed by atoms with van der Waals surface area (Å²) in [6.45, 7) is 9.15. The van der Waals surface area contributed by atoms with Crippen molar-refractivity contribution < 1.29 is 14.3 Å². The van der Waals surface area contributed by atoms with Crippen LogP contribution in [0.3, 0.4) is 0 Å². The second kappa shape index (κ2) is 6.36. The van der Waals surface area contributed by atoms with Gasteiger partial charge in [0, 0.05) is 25.5 Å². The quantitative estimate of drug-likeness (QED) is 0.694. The van der Waals surface area contributed by atoms with Gasteiger partial charge in [-0.05, 0) is 27.2 Å². The summed E-state index contributed by atoms with van der Waals surface area (Å²) in [4.78, 5) is 12.0. The molecule has 0 amide bonds. The zero-order chi connectivity index (χ0) is 12.9. The van der Waals surface area contributed by atoms with Crippen LogP contribution in [0, 0.1) is 0 Å². The van der Waals surface area contributed by atoms with E-state index in [-0.39, 0.29) is 12.1 Å². The van der Waals surface area contributed by atoms with E-state index in [9.17, 15) is 4.79 Å². The van der Waals surface area contributed by atoms with Gasteiger partial charge in [0.25, 0.3) is 0 Å². The lowest BCUT2D eigenvalue weighted by Crippen LogP contribution is -2.65. The van der Waals surface area contributed by atoms with E-state index in [2.05, 4.69) is 19.2 Å². The zero-order valence-corrected chi connectivity index (χ0v) is 11.4. The van der Waals surface area contributed by atoms with Crippen LogP contribution in [0.25, 0.3) is 0 Å². The predicted molar refractivity (Wildman–Crippen MR) is 66.9 cm³/mol. The molecule has 0 radical (unpaired) electrons. The number of rotatable bonds is 7. The van der Waals surface area contributed by atoms with Crippen LogP contribution in [0.1, 0.15) is 47.0 Å². The molecule has 0 aromatic heterocycles. The number of hydrogen-bond donors (Lipinski definition) is 1. The molecule has 1 rings (SSSR count). The zero-order valence-electron chi connectivity index (χ0n) is 11.4. The highest BCUT2D eigenvalue weighted by Gasteiger charge is 2.52. The first kappa shape index (κ1) is 14.5. The average Bonchev–Trinajstić information content (AvgIpc) is 2.26. The van der Waals surface area contributed by atoms with Crippen molar-refractivity contribution in [2.24, 2.45) is 0 Å². The van der Waals surface area contributed by atoms with E-state index < -0.39 is 5.54 Å². The first-order valence-electron chi connectivity index (χ1n) is 6.64. The van der Waals surface area contributed by atoms with Crippen molar-refractivity contribution in [3.8, 4) is 0 Å². The number of carbonyl (C=O) groups excluding carboxylic acids is 1. The van der Waals surface area contributed by atoms with E-state index in [4.69, 9.17) is 9.47 Å². The molecule has 1 aliphatic carbocycles. The molecule has 1 N–H and O–H groups in total. The molecule has 1 atom stereocenters. The molecule has 0 saturated heterocycles. The third kappa shape index (κ3) is 3.42. The maximum atomic E-state index is 12.0. The van der Waals surface area contributed by atoms with Gasteiger partial charge in [-0.2, -0.15) is 0 Å². The Morgan fingerprint density at radius 3 is 2.47 bits per heavy atom. The SMILES string of the molecule is CCOC(=O)C1(NC(C)CC)CC(OCC)C1. The van der Waals surface area contributed by atoms with Crippen molar-refractivity contribution in [3.63, 3.8) is 0 Å².